The van der Waals surface area contributed by atoms with Crippen molar-refractivity contribution in [2.75, 3.05) is 30.1 Å². The summed E-state index contributed by atoms with van der Waals surface area (Å²) in [5.41, 5.74) is 3.64. The van der Waals surface area contributed by atoms with Gasteiger partial charge in [-0.05, 0) is 36.5 Å². The minimum atomic E-state index is -1.61. The number of anilines is 1. The van der Waals surface area contributed by atoms with E-state index in [1.165, 1.54) is 13.2 Å². The third-order valence-corrected chi connectivity index (χ3v) is 5.78. The van der Waals surface area contributed by atoms with Crippen LogP contribution in [0.1, 0.15) is 18.4 Å². The fraction of sp³-hybridized carbons (Fsp3) is 0.500. The van der Waals surface area contributed by atoms with Crippen molar-refractivity contribution in [2.24, 2.45) is 11.7 Å². The molecule has 0 saturated carbocycles. The number of benzene rings is 1. The normalized spacial score (nSPS) is 24.3. The lowest BCUT2D eigenvalue weighted by Crippen LogP contribution is -2.50. The van der Waals surface area contributed by atoms with Gasteiger partial charge >= 0.3 is 0 Å². The Labute approximate surface area is 142 Å². The number of primary amides is 1. The van der Waals surface area contributed by atoms with E-state index in [1.807, 2.05) is 0 Å². The van der Waals surface area contributed by atoms with Crippen LogP contribution in [-0.2, 0) is 19.9 Å². The summed E-state index contributed by atoms with van der Waals surface area (Å²) in [6.45, 7) is -0.399. The first-order chi connectivity index (χ1) is 11.4. The van der Waals surface area contributed by atoms with Crippen LogP contribution in [0, 0.1) is 17.6 Å². The maximum Gasteiger partial charge on any atom is 0.264 e. The van der Waals surface area contributed by atoms with Gasteiger partial charge in [0.25, 0.3) is 5.91 Å². The molecule has 0 bridgehead atoms. The van der Waals surface area contributed by atoms with Gasteiger partial charge in [-0.25, -0.2) is 8.78 Å². The number of hydrogen-bond acceptors (Lipinski definition) is 4. The van der Waals surface area contributed by atoms with Gasteiger partial charge in [0.1, 0.15) is 6.54 Å². The van der Waals surface area contributed by atoms with Crippen molar-refractivity contribution >= 4 is 29.3 Å². The van der Waals surface area contributed by atoms with E-state index in [-0.39, 0.29) is 17.2 Å². The zero-order valence-electron chi connectivity index (χ0n) is 13.2. The van der Waals surface area contributed by atoms with Crippen molar-refractivity contribution < 1.29 is 23.1 Å². The Bertz CT molecular complexity index is 694. The number of fused-ring (bicyclic) bond motifs is 1. The molecule has 1 aromatic rings. The second-order valence-electron chi connectivity index (χ2n) is 5.94. The molecule has 5 nitrogen and oxygen atoms in total. The second-order valence-corrected chi connectivity index (χ2v) is 7.16. The van der Waals surface area contributed by atoms with E-state index in [2.05, 4.69) is 0 Å². The van der Waals surface area contributed by atoms with Crippen LogP contribution in [0.4, 0.5) is 14.5 Å². The van der Waals surface area contributed by atoms with Crippen LogP contribution in [0.15, 0.2) is 12.1 Å². The van der Waals surface area contributed by atoms with Gasteiger partial charge in [-0.15, -0.1) is 0 Å². The number of halogens is 2. The van der Waals surface area contributed by atoms with Crippen molar-refractivity contribution in [3.05, 3.63) is 29.3 Å². The molecular formula is C16H18F2N2O3S. The highest BCUT2D eigenvalue weighted by atomic mass is 32.2. The summed E-state index contributed by atoms with van der Waals surface area (Å²) in [6, 6.07) is 2.24. The fourth-order valence-corrected chi connectivity index (χ4v) is 4.79. The zero-order chi connectivity index (χ0) is 17.5. The predicted molar refractivity (Wildman–Crippen MR) is 86.6 cm³/mol. The maximum atomic E-state index is 14.7. The van der Waals surface area contributed by atoms with Gasteiger partial charge in [0.15, 0.2) is 17.2 Å². The molecule has 1 aromatic carbocycles. The van der Waals surface area contributed by atoms with Gasteiger partial charge in [-0.1, -0.05) is 0 Å². The van der Waals surface area contributed by atoms with Gasteiger partial charge in [0.2, 0.25) is 5.91 Å². The van der Waals surface area contributed by atoms with Gasteiger partial charge in [0, 0.05) is 13.0 Å². The van der Waals surface area contributed by atoms with E-state index in [4.69, 9.17) is 10.5 Å². The molecule has 0 radical (unpaired) electrons. The molecule has 2 amide bonds. The Hall–Kier alpha value is -1.67. The molecule has 2 heterocycles. The standard InChI is InChI=1S/C16H18F2N2O3S/c1-23-16(9-4-6-24-7-5-9)13-11(3-2-10(17)14(13)18)20(15(16)22)8-12(19)21/h2-3,9H,4-8H2,1H3,(H2,19,21)/t16-/m0/s1. The van der Waals surface area contributed by atoms with Gasteiger partial charge in [0.05, 0.1) is 11.3 Å². The van der Waals surface area contributed by atoms with Crippen LogP contribution in [-0.4, -0.2) is 37.0 Å². The van der Waals surface area contributed by atoms with Crippen molar-refractivity contribution in [1.82, 2.24) is 0 Å². The highest BCUT2D eigenvalue weighted by Gasteiger charge is 2.58. The highest BCUT2D eigenvalue weighted by molar-refractivity contribution is 7.99. The SMILES string of the molecule is CO[C@]1(C2CCSCC2)C(=O)N(CC(N)=O)c2ccc(F)c(F)c21. The number of amides is 2. The van der Waals surface area contributed by atoms with Crippen LogP contribution in [0.25, 0.3) is 0 Å². The molecule has 3 rings (SSSR count). The summed E-state index contributed by atoms with van der Waals surface area (Å²) < 4.78 is 34.1. The van der Waals surface area contributed by atoms with Gasteiger partial charge < -0.3 is 10.5 Å². The molecule has 130 valence electrons. The number of hydrogen-bond donors (Lipinski definition) is 1. The van der Waals surface area contributed by atoms with E-state index in [0.717, 1.165) is 22.5 Å². The van der Waals surface area contributed by atoms with Gasteiger partial charge in [-0.2, -0.15) is 11.8 Å². The second kappa shape index (κ2) is 6.33. The molecule has 1 atom stereocenters. The van der Waals surface area contributed by atoms with Crippen molar-refractivity contribution in [3.8, 4) is 0 Å². The minimum absolute atomic E-state index is 0.117. The number of nitrogens with zero attached hydrogens (tertiary/aromatic N) is 1. The van der Waals surface area contributed by atoms with E-state index in [9.17, 15) is 18.4 Å². The first kappa shape index (κ1) is 17.2. The Morgan fingerprint density at radius 3 is 2.67 bits per heavy atom. The number of rotatable bonds is 4. The Balaban J connectivity index is 2.20. The number of thioether (sulfide) groups is 1. The van der Waals surface area contributed by atoms with E-state index in [1.54, 1.807) is 11.8 Å². The number of methoxy groups -OCH3 is 1. The molecule has 2 aliphatic heterocycles. The first-order valence-corrected chi connectivity index (χ1v) is 8.80. The summed E-state index contributed by atoms with van der Waals surface area (Å²) >= 11 is 1.75. The quantitative estimate of drug-likeness (QED) is 0.893. The smallest absolute Gasteiger partial charge is 0.264 e. The molecule has 8 heteroatoms. The van der Waals surface area contributed by atoms with Crippen LogP contribution in [0.3, 0.4) is 0 Å². The maximum absolute atomic E-state index is 14.7. The van der Waals surface area contributed by atoms with E-state index >= 15 is 0 Å². The largest absolute Gasteiger partial charge is 0.368 e. The summed E-state index contributed by atoms with van der Waals surface area (Å²) in [4.78, 5) is 25.6. The molecule has 24 heavy (non-hydrogen) atoms. The lowest BCUT2D eigenvalue weighted by atomic mass is 9.78. The fourth-order valence-electron chi connectivity index (χ4n) is 3.69. The van der Waals surface area contributed by atoms with E-state index in [0.29, 0.717) is 12.8 Å². The number of ether oxygens (including phenoxy) is 1. The summed E-state index contributed by atoms with van der Waals surface area (Å²) in [6.07, 6.45) is 1.29. The number of nitrogens with two attached hydrogens (primary N) is 1. The Morgan fingerprint density at radius 2 is 2.08 bits per heavy atom. The van der Waals surface area contributed by atoms with Crippen molar-refractivity contribution in [2.45, 2.75) is 18.4 Å². The molecule has 2 aliphatic rings. The van der Waals surface area contributed by atoms with Crippen LogP contribution in [0.5, 0.6) is 0 Å². The highest BCUT2D eigenvalue weighted by Crippen LogP contribution is 2.51. The predicted octanol–water partition coefficient (Wildman–Crippen LogP) is 1.78. The summed E-state index contributed by atoms with van der Waals surface area (Å²) in [5, 5.41) is 0. The lowest BCUT2D eigenvalue weighted by Gasteiger charge is -2.37. The van der Waals surface area contributed by atoms with E-state index < -0.39 is 35.6 Å². The minimum Gasteiger partial charge on any atom is -0.368 e. The first-order valence-electron chi connectivity index (χ1n) is 7.65. The third kappa shape index (κ3) is 2.39. The molecule has 0 aliphatic carbocycles. The lowest BCUT2D eigenvalue weighted by molar-refractivity contribution is -0.149. The molecular weight excluding hydrogens is 338 g/mol. The zero-order valence-corrected chi connectivity index (χ0v) is 14.0. The third-order valence-electron chi connectivity index (χ3n) is 4.73. The van der Waals surface area contributed by atoms with Crippen LogP contribution >= 0.6 is 11.8 Å². The van der Waals surface area contributed by atoms with Crippen LogP contribution in [0.2, 0.25) is 0 Å². The average molecular weight is 356 g/mol. The number of carbonyl (C=O) groups excluding carboxylic acids is 2. The molecule has 2 N–H and O–H groups in total. The molecule has 0 aromatic heterocycles. The molecule has 0 spiro atoms. The number of carbonyl (C=O) groups is 2. The molecule has 0 unspecified atom stereocenters. The Morgan fingerprint density at radius 1 is 1.42 bits per heavy atom. The Kier molecular flexibility index (Phi) is 4.52. The summed E-state index contributed by atoms with van der Waals surface area (Å²) in [7, 11) is 1.32. The molecule has 1 fully saturated rings. The van der Waals surface area contributed by atoms with Crippen LogP contribution < -0.4 is 10.6 Å². The average Bonchev–Trinajstić information content (AvgIpc) is 2.81. The van der Waals surface area contributed by atoms with Crippen molar-refractivity contribution in [1.29, 1.82) is 0 Å². The monoisotopic (exact) mass is 356 g/mol. The molecule has 1 saturated heterocycles. The summed E-state index contributed by atoms with van der Waals surface area (Å²) in [5.74, 6) is -2.10. The van der Waals surface area contributed by atoms with Gasteiger partial charge in [-0.3, -0.25) is 14.5 Å². The topological polar surface area (TPSA) is 72.6 Å². The van der Waals surface area contributed by atoms with Crippen molar-refractivity contribution in [3.63, 3.8) is 0 Å².